The molecule has 0 unspecified atom stereocenters. The number of methoxy groups -OCH3 is 2. The van der Waals surface area contributed by atoms with E-state index in [9.17, 15) is 0 Å². The van der Waals surface area contributed by atoms with Crippen LogP contribution in [0, 0.1) is 0 Å². The Morgan fingerprint density at radius 1 is 0.889 bits per heavy atom. The molecule has 0 radical (unpaired) electrons. The van der Waals surface area contributed by atoms with Crippen molar-refractivity contribution in [1.82, 2.24) is 0 Å². The molecule has 0 atom stereocenters. The number of ether oxygens (including phenoxy) is 2. The van der Waals surface area contributed by atoms with Crippen molar-refractivity contribution in [3.05, 3.63) is 48.0 Å². The molecule has 2 rings (SSSR count). The van der Waals surface area contributed by atoms with E-state index in [0.29, 0.717) is 0 Å². The van der Waals surface area contributed by atoms with E-state index >= 15 is 0 Å². The molecule has 0 saturated heterocycles. The third-order valence-corrected chi connectivity index (χ3v) is 2.79. The normalized spacial score (nSPS) is 10.2. The number of rotatable bonds is 4. The van der Waals surface area contributed by atoms with Gasteiger partial charge in [-0.2, -0.15) is 0 Å². The van der Waals surface area contributed by atoms with Gasteiger partial charge in [0.15, 0.2) is 0 Å². The van der Waals surface area contributed by atoms with Crippen molar-refractivity contribution in [2.24, 2.45) is 0 Å². The topological polar surface area (TPSA) is 38.7 Å². The molecule has 0 fully saturated rings. The van der Waals surface area contributed by atoms with Gasteiger partial charge >= 0.3 is 0 Å². The number of hydrogen-bond acceptors (Lipinski definition) is 3. The van der Waals surface area contributed by atoms with E-state index in [0.717, 1.165) is 28.2 Å². The summed E-state index contributed by atoms with van der Waals surface area (Å²) in [5.74, 6) is 1.50. The molecule has 18 heavy (non-hydrogen) atoms. The maximum Gasteiger partial charge on any atom is 0.123 e. The summed E-state index contributed by atoms with van der Waals surface area (Å²) in [5.41, 5.74) is 2.91. The zero-order valence-electron chi connectivity index (χ0n) is 10.5. The Labute approximate surface area is 107 Å². The molecule has 0 aliphatic rings. The van der Waals surface area contributed by atoms with Crippen molar-refractivity contribution >= 4 is 0 Å². The van der Waals surface area contributed by atoms with E-state index in [1.54, 1.807) is 14.2 Å². The maximum atomic E-state index is 9.16. The standard InChI is InChI=1S/C15H16O3/c1-17-14-7-13(8-15(9-14)18-2)12-5-3-4-11(6-12)10-16/h3-9,16H,10H2,1-2H3. The summed E-state index contributed by atoms with van der Waals surface area (Å²) >= 11 is 0. The molecule has 0 saturated carbocycles. The Balaban J connectivity index is 2.48. The van der Waals surface area contributed by atoms with Crippen LogP contribution in [0.25, 0.3) is 11.1 Å². The van der Waals surface area contributed by atoms with Gasteiger partial charge < -0.3 is 14.6 Å². The summed E-state index contributed by atoms with van der Waals surface area (Å²) in [6.45, 7) is 0.0367. The first-order valence-electron chi connectivity index (χ1n) is 5.70. The van der Waals surface area contributed by atoms with Gasteiger partial charge in [-0.15, -0.1) is 0 Å². The highest BCUT2D eigenvalue weighted by atomic mass is 16.5. The molecule has 0 heterocycles. The van der Waals surface area contributed by atoms with Crippen LogP contribution >= 0.6 is 0 Å². The summed E-state index contributed by atoms with van der Waals surface area (Å²) in [6, 6.07) is 13.5. The summed E-state index contributed by atoms with van der Waals surface area (Å²) < 4.78 is 10.5. The molecular formula is C15H16O3. The van der Waals surface area contributed by atoms with Crippen LogP contribution in [0.5, 0.6) is 11.5 Å². The summed E-state index contributed by atoms with van der Waals surface area (Å²) in [7, 11) is 3.26. The van der Waals surface area contributed by atoms with Crippen molar-refractivity contribution in [2.45, 2.75) is 6.61 Å². The third kappa shape index (κ3) is 2.63. The Morgan fingerprint density at radius 3 is 2.11 bits per heavy atom. The van der Waals surface area contributed by atoms with E-state index in [2.05, 4.69) is 0 Å². The van der Waals surface area contributed by atoms with Gasteiger partial charge in [-0.3, -0.25) is 0 Å². The first-order chi connectivity index (χ1) is 8.76. The minimum atomic E-state index is 0.0367. The van der Waals surface area contributed by atoms with Gasteiger partial charge in [0.1, 0.15) is 11.5 Å². The van der Waals surface area contributed by atoms with Gasteiger partial charge in [0.2, 0.25) is 0 Å². The molecule has 1 N–H and O–H groups in total. The highest BCUT2D eigenvalue weighted by Gasteiger charge is 2.04. The van der Waals surface area contributed by atoms with Crippen LogP contribution in [-0.4, -0.2) is 19.3 Å². The largest absolute Gasteiger partial charge is 0.497 e. The number of hydrogen-bond donors (Lipinski definition) is 1. The van der Waals surface area contributed by atoms with Crippen LogP contribution in [0.15, 0.2) is 42.5 Å². The van der Waals surface area contributed by atoms with Crippen molar-refractivity contribution in [3.8, 4) is 22.6 Å². The second-order valence-electron chi connectivity index (χ2n) is 3.96. The van der Waals surface area contributed by atoms with Crippen molar-refractivity contribution < 1.29 is 14.6 Å². The molecule has 0 aromatic heterocycles. The van der Waals surface area contributed by atoms with Gasteiger partial charge in [0, 0.05) is 6.07 Å². The van der Waals surface area contributed by atoms with Gasteiger partial charge in [0.05, 0.1) is 20.8 Å². The molecule has 3 nitrogen and oxygen atoms in total. The van der Waals surface area contributed by atoms with Gasteiger partial charge in [-0.05, 0) is 34.9 Å². The highest BCUT2D eigenvalue weighted by Crippen LogP contribution is 2.30. The molecule has 0 aliphatic carbocycles. The molecule has 0 spiro atoms. The second-order valence-corrected chi connectivity index (χ2v) is 3.96. The number of aliphatic hydroxyl groups excluding tert-OH is 1. The van der Waals surface area contributed by atoms with E-state index in [1.165, 1.54) is 0 Å². The zero-order valence-corrected chi connectivity index (χ0v) is 10.5. The van der Waals surface area contributed by atoms with Crippen LogP contribution in [0.1, 0.15) is 5.56 Å². The Hall–Kier alpha value is -2.00. The monoisotopic (exact) mass is 244 g/mol. The molecule has 0 bridgehead atoms. The SMILES string of the molecule is COc1cc(OC)cc(-c2cccc(CO)c2)c1. The lowest BCUT2D eigenvalue weighted by atomic mass is 10.0. The average Bonchev–Trinajstić information content (AvgIpc) is 2.46. The fourth-order valence-corrected chi connectivity index (χ4v) is 1.82. The van der Waals surface area contributed by atoms with Crippen LogP contribution < -0.4 is 9.47 Å². The van der Waals surface area contributed by atoms with E-state index in [1.807, 2.05) is 42.5 Å². The fraction of sp³-hybridized carbons (Fsp3) is 0.200. The van der Waals surface area contributed by atoms with Crippen molar-refractivity contribution in [3.63, 3.8) is 0 Å². The Kier molecular flexibility index (Phi) is 3.85. The predicted molar refractivity (Wildman–Crippen MR) is 70.9 cm³/mol. The lowest BCUT2D eigenvalue weighted by Crippen LogP contribution is -1.89. The lowest BCUT2D eigenvalue weighted by Gasteiger charge is -2.09. The smallest absolute Gasteiger partial charge is 0.123 e. The van der Waals surface area contributed by atoms with Crippen LogP contribution in [0.3, 0.4) is 0 Å². The molecule has 2 aromatic rings. The highest BCUT2D eigenvalue weighted by molar-refractivity contribution is 5.67. The molecular weight excluding hydrogens is 228 g/mol. The Bertz CT molecular complexity index is 513. The van der Waals surface area contributed by atoms with Gasteiger partial charge in [0.25, 0.3) is 0 Å². The molecule has 0 aliphatic heterocycles. The summed E-state index contributed by atoms with van der Waals surface area (Å²) in [6.07, 6.45) is 0. The van der Waals surface area contributed by atoms with Crippen LogP contribution in [-0.2, 0) is 6.61 Å². The average molecular weight is 244 g/mol. The van der Waals surface area contributed by atoms with Gasteiger partial charge in [-0.25, -0.2) is 0 Å². The third-order valence-electron chi connectivity index (χ3n) is 2.79. The van der Waals surface area contributed by atoms with E-state index < -0.39 is 0 Å². The maximum absolute atomic E-state index is 9.16. The van der Waals surface area contributed by atoms with Crippen LogP contribution in [0.2, 0.25) is 0 Å². The lowest BCUT2D eigenvalue weighted by molar-refractivity contribution is 0.282. The van der Waals surface area contributed by atoms with Crippen LogP contribution in [0.4, 0.5) is 0 Å². The molecule has 0 amide bonds. The summed E-state index contributed by atoms with van der Waals surface area (Å²) in [4.78, 5) is 0. The fourth-order valence-electron chi connectivity index (χ4n) is 1.82. The van der Waals surface area contributed by atoms with Crippen molar-refractivity contribution in [2.75, 3.05) is 14.2 Å². The van der Waals surface area contributed by atoms with E-state index in [-0.39, 0.29) is 6.61 Å². The quantitative estimate of drug-likeness (QED) is 0.898. The molecule has 94 valence electrons. The minimum Gasteiger partial charge on any atom is -0.497 e. The number of aliphatic hydroxyl groups is 1. The summed E-state index contributed by atoms with van der Waals surface area (Å²) in [5, 5.41) is 9.16. The van der Waals surface area contributed by atoms with Gasteiger partial charge in [-0.1, -0.05) is 18.2 Å². The molecule has 2 aromatic carbocycles. The van der Waals surface area contributed by atoms with Crippen molar-refractivity contribution in [1.29, 1.82) is 0 Å². The first-order valence-corrected chi connectivity index (χ1v) is 5.70. The van der Waals surface area contributed by atoms with E-state index in [4.69, 9.17) is 14.6 Å². The first kappa shape index (κ1) is 12.5. The second kappa shape index (κ2) is 5.56. The zero-order chi connectivity index (χ0) is 13.0. The minimum absolute atomic E-state index is 0.0367. The molecule has 3 heteroatoms. The predicted octanol–water partition coefficient (Wildman–Crippen LogP) is 2.86. The number of benzene rings is 2. The Morgan fingerprint density at radius 2 is 1.56 bits per heavy atom.